The summed E-state index contributed by atoms with van der Waals surface area (Å²) >= 11 is 0. The summed E-state index contributed by atoms with van der Waals surface area (Å²) in [5, 5.41) is 4.31. The number of aromatic nitrogens is 2. The van der Waals surface area contributed by atoms with E-state index < -0.39 is 0 Å². The molecule has 0 spiro atoms. The van der Waals surface area contributed by atoms with Gasteiger partial charge in [-0.15, -0.1) is 0 Å². The van der Waals surface area contributed by atoms with E-state index in [9.17, 15) is 4.79 Å². The average Bonchev–Trinajstić information content (AvgIpc) is 3.17. The molecule has 3 rings (SSSR count). The molecule has 0 saturated heterocycles. The Balaban J connectivity index is 1.60. The van der Waals surface area contributed by atoms with E-state index in [0.717, 1.165) is 11.3 Å². The summed E-state index contributed by atoms with van der Waals surface area (Å²) in [6, 6.07) is 19.9. The molecule has 134 valence electrons. The number of ether oxygens (including phenoxy) is 1. The van der Waals surface area contributed by atoms with E-state index in [-0.39, 0.29) is 12.6 Å². The van der Waals surface area contributed by atoms with E-state index in [1.54, 1.807) is 21.8 Å². The van der Waals surface area contributed by atoms with Gasteiger partial charge in [0.15, 0.2) is 12.4 Å². The molecule has 1 heterocycles. The Morgan fingerprint density at radius 1 is 0.962 bits per heavy atom. The summed E-state index contributed by atoms with van der Waals surface area (Å²) in [6.45, 7) is 5.52. The Kier molecular flexibility index (Phi) is 5.69. The number of hydrogen-bond acceptors (Lipinski definition) is 3. The fraction of sp³-hybridized carbons (Fsp3) is 0.238. The Morgan fingerprint density at radius 2 is 1.62 bits per heavy atom. The molecule has 0 N–H and O–H groups in total. The number of amides is 1. The zero-order valence-electron chi connectivity index (χ0n) is 15.1. The van der Waals surface area contributed by atoms with Crippen molar-refractivity contribution < 1.29 is 9.53 Å². The Bertz CT molecular complexity index is 837. The van der Waals surface area contributed by atoms with Crippen LogP contribution in [0.1, 0.15) is 24.3 Å². The molecule has 2 aromatic carbocycles. The highest BCUT2D eigenvalue weighted by Crippen LogP contribution is 2.22. The van der Waals surface area contributed by atoms with Gasteiger partial charge in [0, 0.05) is 19.3 Å². The minimum atomic E-state index is -0.0547. The van der Waals surface area contributed by atoms with Crippen molar-refractivity contribution in [2.75, 3.05) is 13.1 Å². The average molecular weight is 349 g/mol. The number of carbonyl (C=O) groups excluding carboxylic acids is 1. The van der Waals surface area contributed by atoms with Gasteiger partial charge < -0.3 is 9.64 Å². The fourth-order valence-electron chi connectivity index (χ4n) is 2.74. The van der Waals surface area contributed by atoms with Gasteiger partial charge in [-0.05, 0) is 43.2 Å². The lowest BCUT2D eigenvalue weighted by Gasteiger charge is -2.16. The maximum Gasteiger partial charge on any atom is 0.274 e. The smallest absolute Gasteiger partial charge is 0.274 e. The highest BCUT2D eigenvalue weighted by Gasteiger charge is 2.15. The van der Waals surface area contributed by atoms with Gasteiger partial charge in [-0.2, -0.15) is 5.10 Å². The van der Waals surface area contributed by atoms with E-state index >= 15 is 0 Å². The summed E-state index contributed by atoms with van der Waals surface area (Å²) in [6.07, 6.45) is 1.76. The molecule has 0 fully saturated rings. The first-order valence-electron chi connectivity index (χ1n) is 8.82. The molecular formula is C21H23N3O2. The summed E-state index contributed by atoms with van der Waals surface area (Å²) in [4.78, 5) is 14.0. The lowest BCUT2D eigenvalue weighted by Crippen LogP contribution is -2.30. The largest absolute Gasteiger partial charge is 0.471 e. The third-order valence-corrected chi connectivity index (χ3v) is 4.24. The Hall–Kier alpha value is -3.08. The first-order valence-corrected chi connectivity index (χ1v) is 8.82. The predicted octanol–water partition coefficient (Wildman–Crippen LogP) is 4.07. The van der Waals surface area contributed by atoms with Crippen LogP contribution in [0.5, 0.6) is 5.75 Å². The van der Waals surface area contributed by atoms with Crippen LogP contribution in [0.4, 0.5) is 0 Å². The standard InChI is InChI=1S/C21H23N3O2/c1-3-23(4-2)21(25)20-14-15-24(22-20)16-26-19-12-10-18(11-13-19)17-8-6-5-7-9-17/h5-15H,3-4,16H2,1-2H3. The van der Waals surface area contributed by atoms with E-state index in [1.807, 2.05) is 56.3 Å². The Morgan fingerprint density at radius 3 is 2.27 bits per heavy atom. The van der Waals surface area contributed by atoms with Gasteiger partial charge >= 0.3 is 0 Å². The quantitative estimate of drug-likeness (QED) is 0.646. The summed E-state index contributed by atoms with van der Waals surface area (Å²) in [5.74, 6) is 0.706. The lowest BCUT2D eigenvalue weighted by molar-refractivity contribution is 0.0765. The van der Waals surface area contributed by atoms with E-state index in [2.05, 4.69) is 17.2 Å². The van der Waals surface area contributed by atoms with Crippen LogP contribution in [0.3, 0.4) is 0 Å². The van der Waals surface area contributed by atoms with Gasteiger partial charge in [-0.1, -0.05) is 42.5 Å². The van der Waals surface area contributed by atoms with Crippen LogP contribution in [-0.4, -0.2) is 33.7 Å². The van der Waals surface area contributed by atoms with Gasteiger partial charge in [0.2, 0.25) is 0 Å². The first-order chi connectivity index (χ1) is 12.7. The Labute approximate surface area is 153 Å². The monoisotopic (exact) mass is 349 g/mol. The predicted molar refractivity (Wildman–Crippen MR) is 102 cm³/mol. The number of nitrogens with zero attached hydrogens (tertiary/aromatic N) is 3. The molecule has 0 atom stereocenters. The highest BCUT2D eigenvalue weighted by atomic mass is 16.5. The molecule has 26 heavy (non-hydrogen) atoms. The van der Waals surface area contributed by atoms with E-state index in [0.29, 0.717) is 18.8 Å². The van der Waals surface area contributed by atoms with Crippen LogP contribution in [0, 0.1) is 0 Å². The lowest BCUT2D eigenvalue weighted by atomic mass is 10.1. The fourth-order valence-corrected chi connectivity index (χ4v) is 2.74. The summed E-state index contributed by atoms with van der Waals surface area (Å²) < 4.78 is 7.39. The maximum atomic E-state index is 12.3. The highest BCUT2D eigenvalue weighted by molar-refractivity contribution is 5.92. The van der Waals surface area contributed by atoms with Crippen molar-refractivity contribution in [2.45, 2.75) is 20.6 Å². The van der Waals surface area contributed by atoms with Crippen molar-refractivity contribution in [3.05, 3.63) is 72.6 Å². The van der Waals surface area contributed by atoms with Crippen LogP contribution in [0.15, 0.2) is 66.9 Å². The second-order valence-electron chi connectivity index (χ2n) is 5.88. The molecule has 5 nitrogen and oxygen atoms in total. The molecule has 5 heteroatoms. The molecular weight excluding hydrogens is 326 g/mol. The van der Waals surface area contributed by atoms with Crippen molar-refractivity contribution in [3.8, 4) is 16.9 Å². The molecule has 1 aromatic heterocycles. The number of hydrogen-bond donors (Lipinski definition) is 0. The molecule has 0 bridgehead atoms. The van der Waals surface area contributed by atoms with Gasteiger partial charge in [0.25, 0.3) is 5.91 Å². The van der Waals surface area contributed by atoms with Crippen LogP contribution in [-0.2, 0) is 6.73 Å². The molecule has 0 aliphatic carbocycles. The first kappa shape index (κ1) is 17.7. The number of rotatable bonds is 7. The SMILES string of the molecule is CCN(CC)C(=O)c1ccn(COc2ccc(-c3ccccc3)cc2)n1. The zero-order valence-corrected chi connectivity index (χ0v) is 15.1. The normalized spacial score (nSPS) is 10.5. The summed E-state index contributed by atoms with van der Waals surface area (Å²) in [5.41, 5.74) is 2.76. The molecule has 0 unspecified atom stereocenters. The van der Waals surface area contributed by atoms with Crippen molar-refractivity contribution in [2.24, 2.45) is 0 Å². The second kappa shape index (κ2) is 8.34. The molecule has 0 aliphatic rings. The van der Waals surface area contributed by atoms with Crippen LogP contribution >= 0.6 is 0 Å². The maximum absolute atomic E-state index is 12.3. The second-order valence-corrected chi connectivity index (χ2v) is 5.88. The van der Waals surface area contributed by atoms with Crippen molar-refractivity contribution >= 4 is 5.91 Å². The number of carbonyl (C=O) groups is 1. The third kappa shape index (κ3) is 4.11. The van der Waals surface area contributed by atoms with E-state index in [4.69, 9.17) is 4.74 Å². The third-order valence-electron chi connectivity index (χ3n) is 4.24. The summed E-state index contributed by atoms with van der Waals surface area (Å²) in [7, 11) is 0. The van der Waals surface area contributed by atoms with Gasteiger partial charge in [-0.25, -0.2) is 4.68 Å². The van der Waals surface area contributed by atoms with Crippen LogP contribution in [0.25, 0.3) is 11.1 Å². The van der Waals surface area contributed by atoms with Gasteiger partial charge in [0.1, 0.15) is 5.75 Å². The number of benzene rings is 2. The van der Waals surface area contributed by atoms with Gasteiger partial charge in [0.05, 0.1) is 0 Å². The molecule has 0 radical (unpaired) electrons. The van der Waals surface area contributed by atoms with Crippen molar-refractivity contribution in [3.63, 3.8) is 0 Å². The topological polar surface area (TPSA) is 47.4 Å². The molecule has 1 amide bonds. The minimum Gasteiger partial charge on any atom is -0.471 e. The van der Waals surface area contributed by atoms with E-state index in [1.165, 1.54) is 5.56 Å². The molecule has 3 aromatic rings. The molecule has 0 aliphatic heterocycles. The minimum absolute atomic E-state index is 0.0547. The van der Waals surface area contributed by atoms with Crippen LogP contribution < -0.4 is 4.74 Å². The van der Waals surface area contributed by atoms with Crippen molar-refractivity contribution in [1.82, 2.24) is 14.7 Å². The van der Waals surface area contributed by atoms with Crippen molar-refractivity contribution in [1.29, 1.82) is 0 Å². The molecule has 0 saturated carbocycles. The van der Waals surface area contributed by atoms with Crippen LogP contribution in [0.2, 0.25) is 0 Å². The van der Waals surface area contributed by atoms with Gasteiger partial charge in [-0.3, -0.25) is 4.79 Å². The zero-order chi connectivity index (χ0) is 18.4.